The molecule has 0 aromatic carbocycles. The van der Waals surface area contributed by atoms with Crippen molar-refractivity contribution in [2.45, 2.75) is 26.8 Å². The summed E-state index contributed by atoms with van der Waals surface area (Å²) in [4.78, 5) is 29.1. The predicted octanol–water partition coefficient (Wildman–Crippen LogP) is 2.07. The molecule has 0 atom stereocenters. The Morgan fingerprint density at radius 3 is 2.58 bits per heavy atom. The zero-order valence-corrected chi connectivity index (χ0v) is 12.2. The van der Waals surface area contributed by atoms with E-state index in [4.69, 9.17) is 11.6 Å². The molecule has 1 heterocycles. The van der Waals surface area contributed by atoms with Crippen molar-refractivity contribution >= 4 is 23.5 Å². The number of ether oxygens (including phenoxy) is 1. The largest absolute Gasteiger partial charge is 0.468 e. The molecule has 0 aliphatic rings. The maximum atomic E-state index is 12.4. The highest BCUT2D eigenvalue weighted by Gasteiger charge is 2.24. The second kappa shape index (κ2) is 6.52. The van der Waals surface area contributed by atoms with Crippen LogP contribution in [0.3, 0.4) is 0 Å². The van der Waals surface area contributed by atoms with Gasteiger partial charge in [0.25, 0.3) is 5.91 Å². The fourth-order valence-electron chi connectivity index (χ4n) is 1.53. The minimum Gasteiger partial charge on any atom is -0.468 e. The summed E-state index contributed by atoms with van der Waals surface area (Å²) in [6.07, 6.45) is 1.42. The molecule has 0 spiro atoms. The standard InChI is InChI=1S/C13H17ClN2O3/c1-8(2)16(7-12(17)19-4)13(18)10-6-15-9(3)5-11(10)14/h5-6,8H,7H2,1-4H3. The summed E-state index contributed by atoms with van der Waals surface area (Å²) in [6.45, 7) is 5.30. The van der Waals surface area contributed by atoms with Crippen molar-refractivity contribution in [2.24, 2.45) is 0 Å². The third-order valence-electron chi connectivity index (χ3n) is 2.63. The van der Waals surface area contributed by atoms with Gasteiger partial charge in [0, 0.05) is 17.9 Å². The van der Waals surface area contributed by atoms with Crippen LogP contribution in [-0.2, 0) is 9.53 Å². The number of esters is 1. The first-order valence-corrected chi connectivity index (χ1v) is 6.24. The van der Waals surface area contributed by atoms with Crippen LogP contribution in [0.25, 0.3) is 0 Å². The predicted molar refractivity (Wildman–Crippen MR) is 72.2 cm³/mol. The molecule has 0 saturated carbocycles. The van der Waals surface area contributed by atoms with Crippen LogP contribution in [0.4, 0.5) is 0 Å². The lowest BCUT2D eigenvalue weighted by Crippen LogP contribution is -2.41. The second-order valence-electron chi connectivity index (χ2n) is 4.41. The topological polar surface area (TPSA) is 59.5 Å². The van der Waals surface area contributed by atoms with Gasteiger partial charge in [0.15, 0.2) is 0 Å². The molecule has 0 radical (unpaired) electrons. The molecule has 6 heteroatoms. The summed E-state index contributed by atoms with van der Waals surface area (Å²) >= 11 is 6.04. The van der Waals surface area contributed by atoms with Crippen LogP contribution in [0.15, 0.2) is 12.3 Å². The lowest BCUT2D eigenvalue weighted by molar-refractivity contribution is -0.141. The van der Waals surface area contributed by atoms with Gasteiger partial charge in [-0.3, -0.25) is 14.6 Å². The van der Waals surface area contributed by atoms with Crippen molar-refractivity contribution in [3.8, 4) is 0 Å². The maximum absolute atomic E-state index is 12.4. The molecule has 0 bridgehead atoms. The quantitative estimate of drug-likeness (QED) is 0.794. The van der Waals surface area contributed by atoms with Crippen LogP contribution in [0.2, 0.25) is 5.02 Å². The van der Waals surface area contributed by atoms with Gasteiger partial charge in [-0.05, 0) is 26.8 Å². The van der Waals surface area contributed by atoms with E-state index in [1.165, 1.54) is 18.2 Å². The summed E-state index contributed by atoms with van der Waals surface area (Å²) in [5, 5.41) is 0.327. The molecule has 19 heavy (non-hydrogen) atoms. The number of methoxy groups -OCH3 is 1. The van der Waals surface area contributed by atoms with Gasteiger partial charge >= 0.3 is 5.97 Å². The number of rotatable bonds is 4. The van der Waals surface area contributed by atoms with Gasteiger partial charge in [-0.15, -0.1) is 0 Å². The monoisotopic (exact) mass is 284 g/mol. The highest BCUT2D eigenvalue weighted by atomic mass is 35.5. The zero-order chi connectivity index (χ0) is 14.6. The molecular weight excluding hydrogens is 268 g/mol. The Labute approximate surface area is 117 Å². The Kier molecular flexibility index (Phi) is 5.30. The number of pyridine rings is 1. The summed E-state index contributed by atoms with van der Waals surface area (Å²) in [6, 6.07) is 1.47. The fraction of sp³-hybridized carbons (Fsp3) is 0.462. The van der Waals surface area contributed by atoms with Crippen molar-refractivity contribution in [2.75, 3.05) is 13.7 Å². The van der Waals surface area contributed by atoms with Crippen LogP contribution in [-0.4, -0.2) is 41.5 Å². The average molecular weight is 285 g/mol. The van der Waals surface area contributed by atoms with E-state index in [0.717, 1.165) is 5.69 Å². The van der Waals surface area contributed by atoms with Crippen molar-refractivity contribution in [1.82, 2.24) is 9.88 Å². The van der Waals surface area contributed by atoms with Gasteiger partial charge in [-0.1, -0.05) is 11.6 Å². The van der Waals surface area contributed by atoms with Crippen LogP contribution in [0.5, 0.6) is 0 Å². The van der Waals surface area contributed by atoms with Crippen molar-refractivity contribution in [3.05, 3.63) is 28.5 Å². The second-order valence-corrected chi connectivity index (χ2v) is 4.82. The van der Waals surface area contributed by atoms with Gasteiger partial charge < -0.3 is 9.64 Å². The average Bonchev–Trinajstić information content (AvgIpc) is 2.34. The Bertz CT molecular complexity index is 489. The van der Waals surface area contributed by atoms with Gasteiger partial charge in [0.2, 0.25) is 0 Å². The summed E-state index contributed by atoms with van der Waals surface area (Å²) in [5.41, 5.74) is 1.01. The van der Waals surface area contributed by atoms with Gasteiger partial charge in [-0.2, -0.15) is 0 Å². The highest BCUT2D eigenvalue weighted by molar-refractivity contribution is 6.33. The molecule has 1 aromatic rings. The number of hydrogen-bond donors (Lipinski definition) is 0. The van der Waals surface area contributed by atoms with E-state index in [1.807, 2.05) is 13.8 Å². The number of hydrogen-bond acceptors (Lipinski definition) is 4. The number of halogens is 1. The molecule has 0 saturated heterocycles. The van der Waals surface area contributed by atoms with E-state index in [2.05, 4.69) is 9.72 Å². The highest BCUT2D eigenvalue weighted by Crippen LogP contribution is 2.18. The lowest BCUT2D eigenvalue weighted by Gasteiger charge is -2.25. The molecule has 5 nitrogen and oxygen atoms in total. The first-order chi connectivity index (χ1) is 8.86. The molecule has 104 valence electrons. The number of carbonyl (C=O) groups excluding carboxylic acids is 2. The van der Waals surface area contributed by atoms with Crippen LogP contribution in [0.1, 0.15) is 29.9 Å². The van der Waals surface area contributed by atoms with Crippen molar-refractivity contribution < 1.29 is 14.3 Å². The number of aryl methyl sites for hydroxylation is 1. The molecule has 1 rings (SSSR count). The summed E-state index contributed by atoms with van der Waals surface area (Å²) < 4.78 is 4.58. The molecule has 0 fully saturated rings. The minimum absolute atomic E-state index is 0.114. The van der Waals surface area contributed by atoms with E-state index in [0.29, 0.717) is 5.02 Å². The Balaban J connectivity index is 3.02. The third kappa shape index (κ3) is 3.92. The minimum atomic E-state index is -0.474. The van der Waals surface area contributed by atoms with E-state index < -0.39 is 5.97 Å². The number of amides is 1. The first kappa shape index (κ1) is 15.4. The normalized spacial score (nSPS) is 10.4. The Morgan fingerprint density at radius 2 is 2.11 bits per heavy atom. The van der Waals surface area contributed by atoms with E-state index in [1.54, 1.807) is 13.0 Å². The van der Waals surface area contributed by atoms with E-state index >= 15 is 0 Å². The fourth-order valence-corrected chi connectivity index (χ4v) is 1.82. The first-order valence-electron chi connectivity index (χ1n) is 5.86. The number of nitrogens with zero attached hydrogens (tertiary/aromatic N) is 2. The molecule has 1 aromatic heterocycles. The summed E-state index contributed by atoms with van der Waals surface area (Å²) in [7, 11) is 1.28. The maximum Gasteiger partial charge on any atom is 0.325 e. The van der Waals surface area contributed by atoms with Gasteiger partial charge in [0.05, 0.1) is 17.7 Å². The molecular formula is C13H17ClN2O3. The number of carbonyl (C=O) groups is 2. The van der Waals surface area contributed by atoms with Crippen LogP contribution < -0.4 is 0 Å². The van der Waals surface area contributed by atoms with Crippen molar-refractivity contribution in [1.29, 1.82) is 0 Å². The molecule has 0 N–H and O–H groups in total. The molecule has 0 unspecified atom stereocenters. The Morgan fingerprint density at radius 1 is 1.47 bits per heavy atom. The van der Waals surface area contributed by atoms with Gasteiger partial charge in [-0.25, -0.2) is 0 Å². The smallest absolute Gasteiger partial charge is 0.325 e. The Hall–Kier alpha value is -1.62. The zero-order valence-electron chi connectivity index (χ0n) is 11.4. The summed E-state index contributed by atoms with van der Waals surface area (Å²) in [5.74, 6) is -0.809. The van der Waals surface area contributed by atoms with Crippen molar-refractivity contribution in [3.63, 3.8) is 0 Å². The molecule has 0 aliphatic heterocycles. The van der Waals surface area contributed by atoms with E-state index in [9.17, 15) is 9.59 Å². The third-order valence-corrected chi connectivity index (χ3v) is 2.94. The number of aromatic nitrogens is 1. The lowest BCUT2D eigenvalue weighted by atomic mass is 10.2. The van der Waals surface area contributed by atoms with Crippen LogP contribution in [0, 0.1) is 6.92 Å². The van der Waals surface area contributed by atoms with Crippen LogP contribution >= 0.6 is 11.6 Å². The molecule has 1 amide bonds. The van der Waals surface area contributed by atoms with Gasteiger partial charge in [0.1, 0.15) is 6.54 Å². The SMILES string of the molecule is COC(=O)CN(C(=O)c1cnc(C)cc1Cl)C(C)C. The molecule has 0 aliphatic carbocycles. The van der Waals surface area contributed by atoms with E-state index in [-0.39, 0.29) is 24.1 Å².